The highest BCUT2D eigenvalue weighted by atomic mass is 79.9. The SMILES string of the molecule is CCNC(=NCCCc1cccc(Br)c1)N1CCOC(c2cnn(C)c2)C1. The topological polar surface area (TPSA) is 54.7 Å². The minimum Gasteiger partial charge on any atom is -0.370 e. The Balaban J connectivity index is 1.57. The number of aryl methyl sites for hydroxylation is 2. The molecule has 0 radical (unpaired) electrons. The largest absolute Gasteiger partial charge is 0.370 e. The van der Waals surface area contributed by atoms with Crippen molar-refractivity contribution in [1.82, 2.24) is 20.0 Å². The molecule has 1 fully saturated rings. The Morgan fingerprint density at radius 2 is 2.33 bits per heavy atom. The van der Waals surface area contributed by atoms with Crippen molar-refractivity contribution >= 4 is 21.9 Å². The first-order chi connectivity index (χ1) is 13.2. The van der Waals surface area contributed by atoms with Crippen LogP contribution in [0.5, 0.6) is 0 Å². The number of rotatable bonds is 6. The number of morpholine rings is 1. The molecular formula is C20H28BrN5O. The van der Waals surface area contributed by atoms with E-state index in [-0.39, 0.29) is 6.10 Å². The number of aliphatic imine (C=N–C) groups is 1. The zero-order valence-electron chi connectivity index (χ0n) is 16.1. The van der Waals surface area contributed by atoms with Crippen LogP contribution in [0.2, 0.25) is 0 Å². The molecular weight excluding hydrogens is 406 g/mol. The summed E-state index contributed by atoms with van der Waals surface area (Å²) in [5, 5.41) is 7.69. The fourth-order valence-corrected chi connectivity index (χ4v) is 3.68. The van der Waals surface area contributed by atoms with E-state index in [1.54, 1.807) is 0 Å². The molecule has 1 atom stereocenters. The molecule has 6 nitrogen and oxygen atoms in total. The summed E-state index contributed by atoms with van der Waals surface area (Å²) in [7, 11) is 1.93. The molecule has 3 rings (SSSR count). The van der Waals surface area contributed by atoms with Crippen molar-refractivity contribution in [2.45, 2.75) is 25.9 Å². The van der Waals surface area contributed by atoms with Gasteiger partial charge in [-0.15, -0.1) is 0 Å². The van der Waals surface area contributed by atoms with Crippen LogP contribution in [0.4, 0.5) is 0 Å². The number of hydrogen-bond acceptors (Lipinski definition) is 3. The van der Waals surface area contributed by atoms with Gasteiger partial charge >= 0.3 is 0 Å². The molecule has 0 saturated carbocycles. The Morgan fingerprint density at radius 1 is 1.44 bits per heavy atom. The maximum Gasteiger partial charge on any atom is 0.194 e. The van der Waals surface area contributed by atoms with Gasteiger partial charge in [0, 0.05) is 42.9 Å². The lowest BCUT2D eigenvalue weighted by molar-refractivity contribution is -0.00804. The second-order valence-electron chi connectivity index (χ2n) is 6.72. The third-order valence-corrected chi connectivity index (χ3v) is 5.06. The van der Waals surface area contributed by atoms with E-state index in [9.17, 15) is 0 Å². The van der Waals surface area contributed by atoms with E-state index in [0.717, 1.165) is 55.0 Å². The Hall–Kier alpha value is -1.86. The van der Waals surface area contributed by atoms with E-state index >= 15 is 0 Å². The first kappa shape index (κ1) is 19.9. The van der Waals surface area contributed by atoms with Crippen LogP contribution in [0.3, 0.4) is 0 Å². The maximum absolute atomic E-state index is 5.95. The molecule has 2 aromatic rings. The number of aromatic nitrogens is 2. The van der Waals surface area contributed by atoms with Gasteiger partial charge in [0.05, 0.1) is 19.3 Å². The molecule has 7 heteroatoms. The molecule has 0 amide bonds. The fraction of sp³-hybridized carbons (Fsp3) is 0.500. The summed E-state index contributed by atoms with van der Waals surface area (Å²) in [4.78, 5) is 7.15. The molecule has 146 valence electrons. The highest BCUT2D eigenvalue weighted by molar-refractivity contribution is 9.10. The Kier molecular flexibility index (Phi) is 7.29. The average molecular weight is 434 g/mol. The number of guanidine groups is 1. The van der Waals surface area contributed by atoms with Crippen LogP contribution in [0.15, 0.2) is 46.1 Å². The fourth-order valence-electron chi connectivity index (χ4n) is 3.24. The summed E-state index contributed by atoms with van der Waals surface area (Å²) in [5.74, 6) is 0.976. The van der Waals surface area contributed by atoms with Crippen LogP contribution in [-0.2, 0) is 18.2 Å². The first-order valence-corrected chi connectivity index (χ1v) is 10.3. The monoisotopic (exact) mass is 433 g/mol. The molecule has 0 bridgehead atoms. The zero-order valence-corrected chi connectivity index (χ0v) is 17.7. The standard InChI is InChI=1S/C20H28BrN5O/c1-3-22-20(23-9-5-7-16-6-4-8-18(21)12-16)26-10-11-27-19(15-26)17-13-24-25(2)14-17/h4,6,8,12-14,19H,3,5,7,9-11,15H2,1-2H3,(H,22,23). The molecule has 27 heavy (non-hydrogen) atoms. The quantitative estimate of drug-likeness (QED) is 0.431. The number of ether oxygens (including phenoxy) is 1. The number of nitrogens with zero attached hydrogens (tertiary/aromatic N) is 4. The smallest absolute Gasteiger partial charge is 0.194 e. The lowest BCUT2D eigenvalue weighted by Crippen LogP contribution is -2.48. The van der Waals surface area contributed by atoms with Gasteiger partial charge in [0.15, 0.2) is 5.96 Å². The van der Waals surface area contributed by atoms with Gasteiger partial charge in [0.1, 0.15) is 6.10 Å². The molecule has 1 saturated heterocycles. The Labute approximate surface area is 169 Å². The van der Waals surface area contributed by atoms with Crippen molar-refractivity contribution in [3.05, 3.63) is 52.3 Å². The number of nitrogens with one attached hydrogen (secondary N) is 1. The summed E-state index contributed by atoms with van der Waals surface area (Å²) < 4.78 is 8.90. The predicted octanol–water partition coefficient (Wildman–Crippen LogP) is 3.15. The lowest BCUT2D eigenvalue weighted by atomic mass is 10.1. The van der Waals surface area contributed by atoms with Gasteiger partial charge in [-0.05, 0) is 37.5 Å². The second-order valence-corrected chi connectivity index (χ2v) is 7.64. The van der Waals surface area contributed by atoms with Gasteiger partial charge < -0.3 is 15.0 Å². The first-order valence-electron chi connectivity index (χ1n) is 9.53. The van der Waals surface area contributed by atoms with E-state index in [0.29, 0.717) is 6.61 Å². The van der Waals surface area contributed by atoms with E-state index in [2.05, 4.69) is 62.4 Å². The van der Waals surface area contributed by atoms with Crippen LogP contribution in [0.1, 0.15) is 30.6 Å². The van der Waals surface area contributed by atoms with Crippen molar-refractivity contribution in [2.75, 3.05) is 32.8 Å². The molecule has 0 aliphatic carbocycles. The molecule has 1 aliphatic rings. The van der Waals surface area contributed by atoms with Gasteiger partial charge in [0.2, 0.25) is 0 Å². The van der Waals surface area contributed by atoms with Crippen molar-refractivity contribution < 1.29 is 4.74 Å². The van der Waals surface area contributed by atoms with E-state index < -0.39 is 0 Å². The summed E-state index contributed by atoms with van der Waals surface area (Å²) >= 11 is 3.53. The Bertz CT molecular complexity index is 760. The summed E-state index contributed by atoms with van der Waals surface area (Å²) in [6, 6.07) is 8.48. The van der Waals surface area contributed by atoms with Crippen molar-refractivity contribution in [1.29, 1.82) is 0 Å². The van der Waals surface area contributed by atoms with E-state index in [1.807, 2.05) is 24.1 Å². The average Bonchev–Trinajstić information content (AvgIpc) is 3.11. The van der Waals surface area contributed by atoms with Crippen LogP contribution in [-0.4, -0.2) is 53.4 Å². The Morgan fingerprint density at radius 3 is 3.07 bits per heavy atom. The summed E-state index contributed by atoms with van der Waals surface area (Å²) in [6.45, 7) is 6.12. The maximum atomic E-state index is 5.95. The predicted molar refractivity (Wildman–Crippen MR) is 112 cm³/mol. The lowest BCUT2D eigenvalue weighted by Gasteiger charge is -2.34. The third kappa shape index (κ3) is 5.81. The molecule has 1 unspecified atom stereocenters. The van der Waals surface area contributed by atoms with Gasteiger partial charge in [-0.1, -0.05) is 28.1 Å². The van der Waals surface area contributed by atoms with Crippen molar-refractivity contribution in [3.8, 4) is 0 Å². The van der Waals surface area contributed by atoms with Crippen LogP contribution >= 0.6 is 15.9 Å². The van der Waals surface area contributed by atoms with Crippen molar-refractivity contribution in [3.63, 3.8) is 0 Å². The molecule has 1 N–H and O–H groups in total. The van der Waals surface area contributed by atoms with E-state index in [1.165, 1.54) is 5.56 Å². The number of halogens is 1. The van der Waals surface area contributed by atoms with Crippen molar-refractivity contribution in [2.24, 2.45) is 12.0 Å². The van der Waals surface area contributed by atoms with Gasteiger partial charge in [-0.3, -0.25) is 9.67 Å². The second kappa shape index (κ2) is 9.90. The minimum absolute atomic E-state index is 0.0398. The molecule has 0 spiro atoms. The number of hydrogen-bond donors (Lipinski definition) is 1. The summed E-state index contributed by atoms with van der Waals surface area (Å²) in [6.07, 6.45) is 6.01. The normalized spacial score (nSPS) is 18.0. The van der Waals surface area contributed by atoms with Gasteiger partial charge in [-0.2, -0.15) is 5.10 Å². The molecule has 1 aromatic carbocycles. The third-order valence-electron chi connectivity index (χ3n) is 4.57. The van der Waals surface area contributed by atoms with E-state index in [4.69, 9.17) is 9.73 Å². The van der Waals surface area contributed by atoms with Gasteiger partial charge in [-0.25, -0.2) is 0 Å². The minimum atomic E-state index is 0.0398. The molecule has 2 heterocycles. The molecule has 1 aromatic heterocycles. The van der Waals surface area contributed by atoms with Crippen LogP contribution in [0, 0.1) is 0 Å². The number of benzene rings is 1. The highest BCUT2D eigenvalue weighted by Crippen LogP contribution is 2.21. The van der Waals surface area contributed by atoms with Gasteiger partial charge in [0.25, 0.3) is 0 Å². The zero-order chi connectivity index (χ0) is 19.1. The summed E-state index contributed by atoms with van der Waals surface area (Å²) in [5.41, 5.74) is 2.46. The molecule has 1 aliphatic heterocycles. The highest BCUT2D eigenvalue weighted by Gasteiger charge is 2.25. The van der Waals surface area contributed by atoms with Crippen LogP contribution < -0.4 is 5.32 Å². The van der Waals surface area contributed by atoms with Crippen LogP contribution in [0.25, 0.3) is 0 Å².